The summed E-state index contributed by atoms with van der Waals surface area (Å²) < 4.78 is 5.25. The average Bonchev–Trinajstić information content (AvgIpc) is 2.52. The molecule has 0 aliphatic heterocycles. The van der Waals surface area contributed by atoms with E-state index < -0.39 is 5.54 Å². The van der Waals surface area contributed by atoms with E-state index in [4.69, 9.17) is 4.74 Å². The lowest BCUT2D eigenvalue weighted by Crippen LogP contribution is -2.23. The zero-order valence-corrected chi connectivity index (χ0v) is 19.1. The normalized spacial score (nSPS) is 15.7. The standard InChI is InChI=1S/C19H35N5O2S/c1-16(2,3)21-23-18(7,8)27-13-12-26-15(25)10-11-19(9,14-20)24-22-17(4,5)6/h10-13H2,1-9H3/b23-21+,24-22+. The van der Waals surface area contributed by atoms with Crippen molar-refractivity contribution < 1.29 is 9.53 Å². The van der Waals surface area contributed by atoms with Crippen LogP contribution in [-0.2, 0) is 9.53 Å². The van der Waals surface area contributed by atoms with Crippen molar-refractivity contribution in [3.8, 4) is 6.07 Å². The molecule has 0 amide bonds. The molecule has 0 saturated heterocycles. The number of ether oxygens (including phenoxy) is 1. The Bertz CT molecular complexity index is 582. The van der Waals surface area contributed by atoms with Crippen LogP contribution in [-0.4, -0.2) is 39.8 Å². The first-order chi connectivity index (χ1) is 12.1. The van der Waals surface area contributed by atoms with E-state index in [9.17, 15) is 10.1 Å². The number of carbonyl (C=O) groups is 1. The Balaban J connectivity index is 4.33. The van der Waals surface area contributed by atoms with Gasteiger partial charge in [-0.2, -0.15) is 25.7 Å². The molecule has 7 nitrogen and oxygen atoms in total. The van der Waals surface area contributed by atoms with Crippen LogP contribution in [0.1, 0.15) is 75.2 Å². The van der Waals surface area contributed by atoms with E-state index >= 15 is 0 Å². The number of hydrogen-bond acceptors (Lipinski definition) is 8. The molecule has 154 valence electrons. The smallest absolute Gasteiger partial charge is 0.305 e. The van der Waals surface area contributed by atoms with Crippen molar-refractivity contribution in [2.24, 2.45) is 20.5 Å². The highest BCUT2D eigenvalue weighted by Gasteiger charge is 2.26. The summed E-state index contributed by atoms with van der Waals surface area (Å²) >= 11 is 1.58. The third-order valence-corrected chi connectivity index (χ3v) is 4.18. The quantitative estimate of drug-likeness (QED) is 0.289. The highest BCUT2D eigenvalue weighted by atomic mass is 32.2. The topological polar surface area (TPSA) is 99.5 Å². The molecule has 0 N–H and O–H groups in total. The van der Waals surface area contributed by atoms with Crippen LogP contribution in [0.25, 0.3) is 0 Å². The summed E-state index contributed by atoms with van der Waals surface area (Å²) in [5.41, 5.74) is -1.58. The Morgan fingerprint density at radius 2 is 1.44 bits per heavy atom. The van der Waals surface area contributed by atoms with E-state index in [2.05, 4.69) is 26.5 Å². The largest absolute Gasteiger partial charge is 0.465 e. The molecule has 0 aliphatic rings. The SMILES string of the molecule is CC(C)(C)/N=N/C(C)(C#N)CCC(=O)OCCSC(C)(C)/N=N/C(C)(C)C. The van der Waals surface area contributed by atoms with Gasteiger partial charge in [-0.1, -0.05) is 0 Å². The first kappa shape index (κ1) is 25.5. The fourth-order valence-electron chi connectivity index (χ4n) is 1.55. The summed E-state index contributed by atoms with van der Waals surface area (Å²) in [5.74, 6) is 0.290. The first-order valence-electron chi connectivity index (χ1n) is 9.16. The summed E-state index contributed by atoms with van der Waals surface area (Å²) in [7, 11) is 0. The van der Waals surface area contributed by atoms with Gasteiger partial charge in [0.05, 0.1) is 17.1 Å². The van der Waals surface area contributed by atoms with Gasteiger partial charge in [0.15, 0.2) is 5.54 Å². The minimum absolute atomic E-state index is 0.130. The fourth-order valence-corrected chi connectivity index (χ4v) is 2.32. The van der Waals surface area contributed by atoms with Crippen LogP contribution >= 0.6 is 11.8 Å². The lowest BCUT2D eigenvalue weighted by Gasteiger charge is -2.20. The molecular formula is C19H35N5O2S. The highest BCUT2D eigenvalue weighted by Crippen LogP contribution is 2.27. The number of thioether (sulfide) groups is 1. The van der Waals surface area contributed by atoms with Crippen LogP contribution < -0.4 is 0 Å². The summed E-state index contributed by atoms with van der Waals surface area (Å²) in [5, 5.41) is 26.2. The number of carbonyl (C=O) groups excluding carboxylic acids is 1. The second-order valence-electron chi connectivity index (χ2n) is 9.14. The fraction of sp³-hybridized carbons (Fsp3) is 0.895. The van der Waals surface area contributed by atoms with Crippen molar-refractivity contribution in [3.05, 3.63) is 0 Å². The molecule has 27 heavy (non-hydrogen) atoms. The third-order valence-electron chi connectivity index (χ3n) is 3.02. The van der Waals surface area contributed by atoms with Crippen molar-refractivity contribution in [2.75, 3.05) is 12.4 Å². The van der Waals surface area contributed by atoms with E-state index in [1.165, 1.54) is 0 Å². The minimum atomic E-state index is -1.02. The molecule has 1 unspecified atom stereocenters. The van der Waals surface area contributed by atoms with Crippen molar-refractivity contribution in [1.82, 2.24) is 0 Å². The van der Waals surface area contributed by atoms with Gasteiger partial charge in [-0.05, 0) is 68.7 Å². The van der Waals surface area contributed by atoms with Crippen molar-refractivity contribution >= 4 is 17.7 Å². The van der Waals surface area contributed by atoms with Gasteiger partial charge in [0.25, 0.3) is 0 Å². The van der Waals surface area contributed by atoms with Crippen LogP contribution in [0.4, 0.5) is 0 Å². The second kappa shape index (κ2) is 10.2. The molecule has 0 aromatic carbocycles. The Kier molecular flexibility index (Phi) is 9.60. The lowest BCUT2D eigenvalue weighted by atomic mass is 9.99. The number of azo groups is 2. The van der Waals surface area contributed by atoms with Gasteiger partial charge < -0.3 is 4.74 Å². The number of rotatable bonds is 9. The molecule has 0 saturated carbocycles. The van der Waals surface area contributed by atoms with Crippen LogP contribution in [0.15, 0.2) is 20.5 Å². The first-order valence-corrected chi connectivity index (χ1v) is 10.2. The number of esters is 1. The van der Waals surface area contributed by atoms with Gasteiger partial charge in [-0.3, -0.25) is 4.79 Å². The van der Waals surface area contributed by atoms with Crippen molar-refractivity contribution in [3.63, 3.8) is 0 Å². The molecule has 0 rings (SSSR count). The summed E-state index contributed by atoms with van der Waals surface area (Å²) in [4.78, 5) is 11.6. The molecule has 0 heterocycles. The molecule has 1 atom stereocenters. The van der Waals surface area contributed by atoms with E-state index in [1.54, 1.807) is 18.7 Å². The van der Waals surface area contributed by atoms with Crippen LogP contribution in [0.5, 0.6) is 0 Å². The molecular weight excluding hydrogens is 362 g/mol. The molecule has 0 aromatic heterocycles. The van der Waals surface area contributed by atoms with Crippen molar-refractivity contribution in [1.29, 1.82) is 5.26 Å². The zero-order chi connectivity index (χ0) is 21.4. The Morgan fingerprint density at radius 1 is 0.926 bits per heavy atom. The third kappa shape index (κ3) is 14.3. The maximum Gasteiger partial charge on any atom is 0.305 e. The van der Waals surface area contributed by atoms with Gasteiger partial charge in [-0.15, -0.1) is 11.8 Å². The lowest BCUT2D eigenvalue weighted by molar-refractivity contribution is -0.143. The van der Waals surface area contributed by atoms with E-state index in [-0.39, 0.29) is 34.8 Å². The molecule has 0 aliphatic carbocycles. The van der Waals surface area contributed by atoms with Gasteiger partial charge >= 0.3 is 5.97 Å². The molecule has 0 radical (unpaired) electrons. The molecule has 8 heteroatoms. The van der Waals surface area contributed by atoms with Gasteiger partial charge in [0.1, 0.15) is 11.5 Å². The minimum Gasteiger partial charge on any atom is -0.465 e. The van der Waals surface area contributed by atoms with Gasteiger partial charge in [0, 0.05) is 12.2 Å². The van der Waals surface area contributed by atoms with Crippen LogP contribution in [0, 0.1) is 11.3 Å². The molecule has 0 spiro atoms. The predicted molar refractivity (Wildman–Crippen MR) is 110 cm³/mol. The Hall–Kier alpha value is -1.49. The summed E-state index contributed by atoms with van der Waals surface area (Å²) in [6.45, 7) is 17.6. The number of nitriles is 1. The maximum atomic E-state index is 11.9. The second-order valence-corrected chi connectivity index (χ2v) is 10.8. The van der Waals surface area contributed by atoms with Crippen LogP contribution in [0.3, 0.4) is 0 Å². The summed E-state index contributed by atoms with van der Waals surface area (Å²) in [6, 6.07) is 2.12. The molecule has 0 aromatic rings. The number of hydrogen-bond donors (Lipinski definition) is 0. The molecule has 0 bridgehead atoms. The Labute approximate surface area is 168 Å². The van der Waals surface area contributed by atoms with E-state index in [1.807, 2.05) is 55.4 Å². The Morgan fingerprint density at radius 3 is 1.93 bits per heavy atom. The summed E-state index contributed by atoms with van der Waals surface area (Å²) in [6.07, 6.45) is 0.408. The van der Waals surface area contributed by atoms with Gasteiger partial charge in [-0.25, -0.2) is 0 Å². The van der Waals surface area contributed by atoms with Crippen molar-refractivity contribution in [2.45, 2.75) is 96.6 Å². The average molecular weight is 398 g/mol. The highest BCUT2D eigenvalue weighted by molar-refractivity contribution is 8.00. The van der Waals surface area contributed by atoms with Crippen LogP contribution in [0.2, 0.25) is 0 Å². The maximum absolute atomic E-state index is 11.9. The van der Waals surface area contributed by atoms with E-state index in [0.717, 1.165) is 0 Å². The van der Waals surface area contributed by atoms with E-state index in [0.29, 0.717) is 12.4 Å². The van der Waals surface area contributed by atoms with Gasteiger partial charge in [0.2, 0.25) is 0 Å². The zero-order valence-electron chi connectivity index (χ0n) is 18.3. The molecule has 0 fully saturated rings. The predicted octanol–water partition coefficient (Wildman–Crippen LogP) is 5.56. The number of nitrogens with zero attached hydrogens (tertiary/aromatic N) is 5. The monoisotopic (exact) mass is 397 g/mol.